The lowest BCUT2D eigenvalue weighted by Gasteiger charge is -2.21. The topological polar surface area (TPSA) is 41.1 Å². The number of nitrogens with one attached hydrogen (secondary N) is 2. The van der Waals surface area contributed by atoms with Gasteiger partial charge in [-0.05, 0) is 44.5 Å². The Balaban J connectivity index is 0.00000162. The summed E-state index contributed by atoms with van der Waals surface area (Å²) in [5, 5.41) is 5.81. The Morgan fingerprint density at radius 1 is 1.50 bits per heavy atom. The number of amides is 1. The van der Waals surface area contributed by atoms with Crippen LogP contribution in [0, 0.1) is 18.2 Å². The third-order valence-corrected chi connectivity index (χ3v) is 3.29. The Hall–Kier alpha value is -1.13. The van der Waals surface area contributed by atoms with Gasteiger partial charge >= 0.3 is 0 Å². The van der Waals surface area contributed by atoms with E-state index >= 15 is 0 Å². The van der Waals surface area contributed by atoms with Gasteiger partial charge < -0.3 is 10.6 Å². The van der Waals surface area contributed by atoms with E-state index in [0.717, 1.165) is 18.5 Å². The van der Waals surface area contributed by atoms with Crippen LogP contribution in [0.5, 0.6) is 0 Å². The molecule has 0 spiro atoms. The van der Waals surface area contributed by atoms with E-state index in [1.54, 1.807) is 12.1 Å². The quantitative estimate of drug-likeness (QED) is 0.869. The van der Waals surface area contributed by atoms with Crippen LogP contribution in [0.4, 0.5) is 10.1 Å². The number of carbonyl (C=O) groups excluding carboxylic acids is 1. The molecular weight excluding hydrogens is 255 g/mol. The second kappa shape index (κ2) is 5.67. The molecule has 3 nitrogen and oxygen atoms in total. The standard InChI is InChI=1S/C13H17FN2O.ClH/c1-9-3-4-11(10(14)7-9)16-12(17)13(2)5-6-15-8-13;/h3-4,7,15H,5-6,8H2,1-2H3,(H,16,17);1H. The highest BCUT2D eigenvalue weighted by atomic mass is 35.5. The molecule has 0 radical (unpaired) electrons. The summed E-state index contributed by atoms with van der Waals surface area (Å²) in [6.07, 6.45) is 0.784. The molecule has 0 saturated carbocycles. The number of carbonyl (C=O) groups is 1. The molecule has 0 aromatic heterocycles. The van der Waals surface area contributed by atoms with Crippen molar-refractivity contribution in [3.05, 3.63) is 29.6 Å². The predicted molar refractivity (Wildman–Crippen MR) is 72.6 cm³/mol. The van der Waals surface area contributed by atoms with E-state index in [1.807, 2.05) is 13.8 Å². The van der Waals surface area contributed by atoms with E-state index in [2.05, 4.69) is 10.6 Å². The van der Waals surface area contributed by atoms with Gasteiger partial charge in [-0.2, -0.15) is 0 Å². The van der Waals surface area contributed by atoms with Crippen LogP contribution in [0.25, 0.3) is 0 Å². The fraction of sp³-hybridized carbons (Fsp3) is 0.462. The molecule has 1 unspecified atom stereocenters. The van der Waals surface area contributed by atoms with Gasteiger partial charge in [0.1, 0.15) is 5.82 Å². The molecule has 2 rings (SSSR count). The maximum atomic E-state index is 13.6. The van der Waals surface area contributed by atoms with Crippen molar-refractivity contribution in [1.82, 2.24) is 5.32 Å². The van der Waals surface area contributed by atoms with Gasteiger partial charge in [-0.3, -0.25) is 4.79 Å². The molecule has 1 saturated heterocycles. The second-order valence-electron chi connectivity index (χ2n) is 4.92. The first-order valence-corrected chi connectivity index (χ1v) is 5.80. The van der Waals surface area contributed by atoms with Gasteiger partial charge in [-0.1, -0.05) is 6.07 Å². The average Bonchev–Trinajstić information content (AvgIpc) is 2.71. The van der Waals surface area contributed by atoms with Gasteiger partial charge in [-0.15, -0.1) is 12.4 Å². The third-order valence-electron chi connectivity index (χ3n) is 3.29. The molecule has 1 heterocycles. The fourth-order valence-electron chi connectivity index (χ4n) is 2.01. The molecule has 0 bridgehead atoms. The summed E-state index contributed by atoms with van der Waals surface area (Å²) in [5.41, 5.74) is 0.667. The Morgan fingerprint density at radius 2 is 2.22 bits per heavy atom. The van der Waals surface area contributed by atoms with E-state index in [4.69, 9.17) is 0 Å². The highest BCUT2D eigenvalue weighted by Crippen LogP contribution is 2.27. The Bertz CT molecular complexity index is 445. The zero-order valence-electron chi connectivity index (χ0n) is 10.5. The fourth-order valence-corrected chi connectivity index (χ4v) is 2.01. The van der Waals surface area contributed by atoms with E-state index < -0.39 is 5.41 Å². The maximum absolute atomic E-state index is 13.6. The summed E-state index contributed by atoms with van der Waals surface area (Å²) in [6.45, 7) is 5.19. The van der Waals surface area contributed by atoms with E-state index in [-0.39, 0.29) is 29.8 Å². The molecule has 1 aromatic carbocycles. The lowest BCUT2D eigenvalue weighted by atomic mass is 9.88. The van der Waals surface area contributed by atoms with Crippen molar-refractivity contribution in [2.75, 3.05) is 18.4 Å². The number of hydrogen-bond donors (Lipinski definition) is 2. The first-order chi connectivity index (χ1) is 8.01. The highest BCUT2D eigenvalue weighted by Gasteiger charge is 2.36. The first kappa shape index (κ1) is 14.9. The van der Waals surface area contributed by atoms with Crippen molar-refractivity contribution in [3.8, 4) is 0 Å². The highest BCUT2D eigenvalue weighted by molar-refractivity contribution is 5.95. The molecule has 18 heavy (non-hydrogen) atoms. The molecule has 2 N–H and O–H groups in total. The molecular formula is C13H18ClFN2O. The van der Waals surface area contributed by atoms with Crippen LogP contribution in [-0.2, 0) is 4.79 Å². The summed E-state index contributed by atoms with van der Waals surface area (Å²) in [4.78, 5) is 12.1. The molecule has 5 heteroatoms. The molecule has 1 aliphatic rings. The van der Waals surface area contributed by atoms with Crippen molar-refractivity contribution in [1.29, 1.82) is 0 Å². The number of aryl methyl sites for hydroxylation is 1. The monoisotopic (exact) mass is 272 g/mol. The molecule has 1 amide bonds. The van der Waals surface area contributed by atoms with Crippen molar-refractivity contribution in [2.24, 2.45) is 5.41 Å². The van der Waals surface area contributed by atoms with E-state index in [1.165, 1.54) is 6.07 Å². The normalized spacial score (nSPS) is 22.4. The molecule has 1 atom stereocenters. The molecule has 100 valence electrons. The van der Waals surface area contributed by atoms with Gasteiger partial charge in [0.05, 0.1) is 11.1 Å². The van der Waals surface area contributed by atoms with Gasteiger partial charge in [-0.25, -0.2) is 4.39 Å². The Morgan fingerprint density at radius 3 is 2.78 bits per heavy atom. The summed E-state index contributed by atoms with van der Waals surface area (Å²) < 4.78 is 13.6. The summed E-state index contributed by atoms with van der Waals surface area (Å²) in [6, 6.07) is 4.81. The van der Waals surface area contributed by atoms with Crippen LogP contribution in [-0.4, -0.2) is 19.0 Å². The second-order valence-corrected chi connectivity index (χ2v) is 4.92. The maximum Gasteiger partial charge on any atom is 0.231 e. The van der Waals surface area contributed by atoms with Gasteiger partial charge in [0.25, 0.3) is 0 Å². The number of hydrogen-bond acceptors (Lipinski definition) is 2. The number of benzene rings is 1. The SMILES string of the molecule is Cc1ccc(NC(=O)C2(C)CCNC2)c(F)c1.Cl. The molecule has 1 aliphatic heterocycles. The van der Waals surface area contributed by atoms with Crippen LogP contribution in [0.3, 0.4) is 0 Å². The number of halogens is 2. The molecule has 1 fully saturated rings. The van der Waals surface area contributed by atoms with Crippen LogP contribution in [0.1, 0.15) is 18.9 Å². The number of anilines is 1. The zero-order chi connectivity index (χ0) is 12.5. The third kappa shape index (κ3) is 3.00. The van der Waals surface area contributed by atoms with Gasteiger partial charge in [0, 0.05) is 6.54 Å². The van der Waals surface area contributed by atoms with Crippen molar-refractivity contribution >= 4 is 24.0 Å². The van der Waals surface area contributed by atoms with Crippen molar-refractivity contribution in [3.63, 3.8) is 0 Å². The minimum Gasteiger partial charge on any atom is -0.323 e. The van der Waals surface area contributed by atoms with Crippen molar-refractivity contribution < 1.29 is 9.18 Å². The largest absolute Gasteiger partial charge is 0.323 e. The van der Waals surface area contributed by atoms with Crippen LogP contribution < -0.4 is 10.6 Å². The van der Waals surface area contributed by atoms with Crippen LogP contribution in [0.15, 0.2) is 18.2 Å². The van der Waals surface area contributed by atoms with Gasteiger partial charge in [0.2, 0.25) is 5.91 Å². The van der Waals surface area contributed by atoms with Crippen molar-refractivity contribution in [2.45, 2.75) is 20.3 Å². The minimum absolute atomic E-state index is 0. The van der Waals surface area contributed by atoms with Crippen LogP contribution >= 0.6 is 12.4 Å². The predicted octanol–water partition coefficient (Wildman–Crippen LogP) is 2.49. The number of rotatable bonds is 2. The lowest BCUT2D eigenvalue weighted by molar-refractivity contribution is -0.123. The minimum atomic E-state index is -0.433. The molecule has 0 aliphatic carbocycles. The van der Waals surface area contributed by atoms with E-state index in [9.17, 15) is 9.18 Å². The molecule has 1 aromatic rings. The van der Waals surface area contributed by atoms with Gasteiger partial charge in [0.15, 0.2) is 0 Å². The average molecular weight is 273 g/mol. The summed E-state index contributed by atoms with van der Waals surface area (Å²) >= 11 is 0. The first-order valence-electron chi connectivity index (χ1n) is 5.80. The van der Waals surface area contributed by atoms with E-state index in [0.29, 0.717) is 6.54 Å². The summed E-state index contributed by atoms with van der Waals surface area (Å²) in [7, 11) is 0. The Kier molecular flexibility index (Phi) is 4.71. The Labute approximate surface area is 113 Å². The van der Waals surface area contributed by atoms with Crippen LogP contribution in [0.2, 0.25) is 0 Å². The lowest BCUT2D eigenvalue weighted by Crippen LogP contribution is -2.35. The smallest absolute Gasteiger partial charge is 0.231 e. The summed E-state index contributed by atoms with van der Waals surface area (Å²) in [5.74, 6) is -0.502. The zero-order valence-corrected chi connectivity index (χ0v) is 11.4.